The monoisotopic (exact) mass is 156 g/mol. The van der Waals surface area contributed by atoms with Crippen LogP contribution in [0.15, 0.2) is 21.8 Å². The van der Waals surface area contributed by atoms with Gasteiger partial charge in [0.1, 0.15) is 6.20 Å². The van der Waals surface area contributed by atoms with Gasteiger partial charge in [-0.05, 0) is 0 Å². The van der Waals surface area contributed by atoms with E-state index in [-0.39, 0.29) is 0 Å². The lowest BCUT2D eigenvalue weighted by Crippen LogP contribution is -2.24. The predicted molar refractivity (Wildman–Crippen MR) is 32.4 cm³/mol. The van der Waals surface area contributed by atoms with Crippen LogP contribution in [-0.4, -0.2) is 9.95 Å². The van der Waals surface area contributed by atoms with Crippen LogP contribution in [0.2, 0.25) is 0 Å². The molecule has 2 rings (SSSR count). The van der Waals surface area contributed by atoms with E-state index in [0.29, 0.717) is 5.82 Å². The maximum Gasteiger partial charge on any atom is 0.378 e. The average molecular weight is 156 g/mol. The average Bonchev–Trinajstić information content (AvgIpc) is 2.55. The molecule has 1 aromatic heterocycles. The summed E-state index contributed by atoms with van der Waals surface area (Å²) in [6.07, 6.45) is 2.37. The molecule has 0 bridgehead atoms. The Hall–Kier alpha value is -1.76. The lowest BCUT2D eigenvalue weighted by molar-refractivity contribution is 0.137. The molecule has 0 fully saturated rings. The summed E-state index contributed by atoms with van der Waals surface area (Å²) in [4.78, 5) is 16.1. The summed E-state index contributed by atoms with van der Waals surface area (Å²) in [5.41, 5.74) is 4.34. The van der Waals surface area contributed by atoms with E-state index in [4.69, 9.17) is 0 Å². The third-order valence-electron chi connectivity index (χ3n) is 1.06. The lowest BCUT2D eigenvalue weighted by Gasteiger charge is -1.95. The zero-order chi connectivity index (χ0) is 7.68. The minimum atomic E-state index is -0.514. The second kappa shape index (κ2) is 2.13. The molecule has 0 spiro atoms. The standard InChI is InChI=1S/C4H4N4O3/c9-4-1-5-8(11-4)3-2-10-7-6-3/h1-2,6-7H. The van der Waals surface area contributed by atoms with Crippen LogP contribution in [0.3, 0.4) is 0 Å². The quantitative estimate of drug-likeness (QED) is 0.522. The van der Waals surface area contributed by atoms with E-state index >= 15 is 0 Å². The van der Waals surface area contributed by atoms with Gasteiger partial charge in [-0.2, -0.15) is 0 Å². The fraction of sp³-hybridized carbons (Fsp3) is 0. The second-order valence-corrected chi connectivity index (χ2v) is 1.78. The van der Waals surface area contributed by atoms with Gasteiger partial charge >= 0.3 is 5.63 Å². The Morgan fingerprint density at radius 3 is 3.09 bits per heavy atom. The summed E-state index contributed by atoms with van der Waals surface area (Å²) in [5, 5.41) is 3.58. The van der Waals surface area contributed by atoms with Crippen LogP contribution in [0.25, 0.3) is 5.82 Å². The molecule has 0 saturated carbocycles. The number of aromatic nitrogens is 2. The summed E-state index contributed by atoms with van der Waals surface area (Å²) in [7, 11) is 0. The van der Waals surface area contributed by atoms with Gasteiger partial charge in [0, 0.05) is 0 Å². The molecule has 2 N–H and O–H groups in total. The van der Waals surface area contributed by atoms with Crippen LogP contribution in [0.4, 0.5) is 0 Å². The molecule has 1 aromatic rings. The van der Waals surface area contributed by atoms with Crippen LogP contribution in [-0.2, 0) is 4.84 Å². The number of hydrazine groups is 1. The fourth-order valence-electron chi connectivity index (χ4n) is 0.633. The van der Waals surface area contributed by atoms with Gasteiger partial charge in [-0.1, -0.05) is 10.4 Å². The van der Waals surface area contributed by atoms with E-state index in [9.17, 15) is 4.79 Å². The number of hydrogen-bond donors (Lipinski definition) is 2. The molecule has 0 radical (unpaired) electrons. The molecule has 0 amide bonds. The molecule has 0 aliphatic carbocycles. The van der Waals surface area contributed by atoms with Crippen LogP contribution >= 0.6 is 0 Å². The van der Waals surface area contributed by atoms with E-state index in [1.807, 2.05) is 0 Å². The molecule has 2 heterocycles. The molecule has 11 heavy (non-hydrogen) atoms. The first-order valence-electron chi connectivity index (χ1n) is 2.79. The predicted octanol–water partition coefficient (Wildman–Crippen LogP) is -1.37. The SMILES string of the molecule is O=c1cnn(C2=CONN2)o1. The molecule has 0 unspecified atom stereocenters. The van der Waals surface area contributed by atoms with Gasteiger partial charge in [0.25, 0.3) is 0 Å². The van der Waals surface area contributed by atoms with Crippen LogP contribution < -0.4 is 16.6 Å². The van der Waals surface area contributed by atoms with Crippen molar-refractivity contribution >= 4 is 5.82 Å². The van der Waals surface area contributed by atoms with E-state index in [1.165, 1.54) is 6.26 Å². The summed E-state index contributed by atoms with van der Waals surface area (Å²) < 4.78 is 4.57. The van der Waals surface area contributed by atoms with Crippen molar-refractivity contribution in [3.8, 4) is 0 Å². The van der Waals surface area contributed by atoms with Crippen molar-refractivity contribution in [3.63, 3.8) is 0 Å². The van der Waals surface area contributed by atoms with Crippen molar-refractivity contribution in [1.29, 1.82) is 0 Å². The summed E-state index contributed by atoms with van der Waals surface area (Å²) in [6.45, 7) is 0. The van der Waals surface area contributed by atoms with Gasteiger partial charge in [-0.15, -0.1) is 5.10 Å². The molecule has 7 heteroatoms. The van der Waals surface area contributed by atoms with Crippen LogP contribution in [0.5, 0.6) is 0 Å². The highest BCUT2D eigenvalue weighted by molar-refractivity contribution is 5.36. The molecule has 0 atom stereocenters. The van der Waals surface area contributed by atoms with Gasteiger partial charge in [0.05, 0.1) is 0 Å². The van der Waals surface area contributed by atoms with Crippen molar-refractivity contribution in [2.75, 3.05) is 0 Å². The lowest BCUT2D eigenvalue weighted by atomic mass is 10.8. The van der Waals surface area contributed by atoms with Gasteiger partial charge in [0.2, 0.25) is 5.82 Å². The van der Waals surface area contributed by atoms with E-state index in [2.05, 4.69) is 25.5 Å². The normalized spacial score (nSPS) is 15.5. The summed E-state index contributed by atoms with van der Waals surface area (Å²) in [5.74, 6) is 0.409. The molecule has 1 aliphatic rings. The van der Waals surface area contributed by atoms with Gasteiger partial charge < -0.3 is 9.36 Å². The highest BCUT2D eigenvalue weighted by Gasteiger charge is 2.08. The molecule has 7 nitrogen and oxygen atoms in total. The Morgan fingerprint density at radius 2 is 2.55 bits per heavy atom. The van der Waals surface area contributed by atoms with Crippen LogP contribution in [0.1, 0.15) is 0 Å². The molecular weight excluding hydrogens is 152 g/mol. The smallest absolute Gasteiger partial charge is 0.378 e. The highest BCUT2D eigenvalue weighted by atomic mass is 16.7. The molecule has 58 valence electrons. The topological polar surface area (TPSA) is 81.3 Å². The number of hydrogen-bond acceptors (Lipinski definition) is 6. The van der Waals surface area contributed by atoms with Gasteiger partial charge in [-0.25, -0.2) is 4.79 Å². The third kappa shape index (κ3) is 0.964. The van der Waals surface area contributed by atoms with E-state index in [1.54, 1.807) is 0 Å². The minimum absolute atomic E-state index is 0.409. The van der Waals surface area contributed by atoms with Crippen molar-refractivity contribution in [2.24, 2.45) is 0 Å². The minimum Gasteiger partial charge on any atom is -0.393 e. The molecule has 0 saturated heterocycles. The molecule has 1 aliphatic heterocycles. The third-order valence-corrected chi connectivity index (χ3v) is 1.06. The Balaban J connectivity index is 2.35. The van der Waals surface area contributed by atoms with Crippen molar-refractivity contribution in [2.45, 2.75) is 0 Å². The molecular formula is C4H4N4O3. The zero-order valence-corrected chi connectivity index (χ0v) is 5.27. The maximum absolute atomic E-state index is 10.5. The maximum atomic E-state index is 10.5. The first-order valence-corrected chi connectivity index (χ1v) is 2.79. The zero-order valence-electron chi connectivity index (χ0n) is 5.27. The largest absolute Gasteiger partial charge is 0.393 e. The Labute approximate surface area is 60.1 Å². The summed E-state index contributed by atoms with van der Waals surface area (Å²) in [6, 6.07) is 0. The Morgan fingerprint density at radius 1 is 1.64 bits per heavy atom. The highest BCUT2D eigenvalue weighted by Crippen LogP contribution is 1.97. The van der Waals surface area contributed by atoms with Gasteiger partial charge in [0.15, 0.2) is 6.26 Å². The Kier molecular flexibility index (Phi) is 1.16. The number of rotatable bonds is 1. The van der Waals surface area contributed by atoms with Crippen molar-refractivity contribution in [1.82, 2.24) is 21.0 Å². The fourth-order valence-corrected chi connectivity index (χ4v) is 0.633. The number of nitrogens with one attached hydrogen (secondary N) is 2. The van der Waals surface area contributed by atoms with Gasteiger partial charge in [-0.3, -0.25) is 5.43 Å². The first-order chi connectivity index (χ1) is 5.36. The summed E-state index contributed by atoms with van der Waals surface area (Å²) >= 11 is 0. The van der Waals surface area contributed by atoms with E-state index < -0.39 is 5.63 Å². The van der Waals surface area contributed by atoms with Crippen molar-refractivity contribution in [3.05, 3.63) is 22.9 Å². The van der Waals surface area contributed by atoms with Crippen LogP contribution in [0, 0.1) is 0 Å². The van der Waals surface area contributed by atoms with Crippen molar-refractivity contribution < 1.29 is 9.36 Å². The number of nitrogens with zero attached hydrogens (tertiary/aromatic N) is 2. The van der Waals surface area contributed by atoms with E-state index in [0.717, 1.165) is 11.1 Å². The first kappa shape index (κ1) is 5.98. The second-order valence-electron chi connectivity index (χ2n) is 1.78. The Bertz CT molecular complexity index is 337. The molecule has 0 aromatic carbocycles.